The number of rotatable bonds is 4. The normalized spacial score (nSPS) is 9.94. The van der Waals surface area contributed by atoms with Gasteiger partial charge in [0.25, 0.3) is 0 Å². The van der Waals surface area contributed by atoms with Crippen LogP contribution >= 0.6 is 12.6 Å². The van der Waals surface area contributed by atoms with Gasteiger partial charge in [-0.1, -0.05) is 13.0 Å². The van der Waals surface area contributed by atoms with Gasteiger partial charge in [0, 0.05) is 16.9 Å². The molecule has 4 heteroatoms. The van der Waals surface area contributed by atoms with Gasteiger partial charge in [0.15, 0.2) is 5.78 Å². The molecule has 0 unspecified atom stereocenters. The minimum absolute atomic E-state index is 0.00104. The van der Waals surface area contributed by atoms with Gasteiger partial charge in [0.2, 0.25) is 0 Å². The fourth-order valence-electron chi connectivity index (χ4n) is 1.29. The van der Waals surface area contributed by atoms with E-state index in [-0.39, 0.29) is 5.78 Å². The first kappa shape index (κ1) is 12.8. The van der Waals surface area contributed by atoms with E-state index in [1.165, 1.54) is 6.07 Å². The lowest BCUT2D eigenvalue weighted by atomic mass is 10.1. The fourth-order valence-corrected chi connectivity index (χ4v) is 1.52. The topological polar surface area (TPSA) is 43.4 Å². The van der Waals surface area contributed by atoms with Crippen molar-refractivity contribution in [3.63, 3.8) is 0 Å². The Bertz CT molecular complexity index is 413. The van der Waals surface area contributed by atoms with Crippen LogP contribution in [0, 0.1) is 0 Å². The third-order valence-electron chi connectivity index (χ3n) is 2.13. The highest BCUT2D eigenvalue weighted by molar-refractivity contribution is 7.80. The first-order valence-electron chi connectivity index (χ1n) is 5.13. The Balaban J connectivity index is 3.08. The smallest absolute Gasteiger partial charge is 0.339 e. The Morgan fingerprint density at radius 1 is 1.31 bits per heavy atom. The second-order valence-electron chi connectivity index (χ2n) is 3.23. The number of carbonyl (C=O) groups is 2. The van der Waals surface area contributed by atoms with Crippen molar-refractivity contribution in [3.05, 3.63) is 29.3 Å². The van der Waals surface area contributed by atoms with Crippen LogP contribution in [0.5, 0.6) is 0 Å². The van der Waals surface area contributed by atoms with E-state index in [1.54, 1.807) is 26.0 Å². The summed E-state index contributed by atoms with van der Waals surface area (Å²) in [4.78, 5) is 23.5. The average molecular weight is 238 g/mol. The molecule has 0 saturated carbocycles. The Morgan fingerprint density at radius 2 is 2.00 bits per heavy atom. The van der Waals surface area contributed by atoms with Gasteiger partial charge in [0.1, 0.15) is 0 Å². The highest BCUT2D eigenvalue weighted by Gasteiger charge is 2.13. The number of Topliss-reactive ketones (excluding diaryl/α,β-unsaturated/α-hetero) is 1. The molecule has 0 bridgehead atoms. The van der Waals surface area contributed by atoms with E-state index in [0.29, 0.717) is 29.1 Å². The summed E-state index contributed by atoms with van der Waals surface area (Å²) >= 11 is 4.16. The van der Waals surface area contributed by atoms with Gasteiger partial charge >= 0.3 is 5.97 Å². The predicted molar refractivity (Wildman–Crippen MR) is 64.3 cm³/mol. The number of carbonyl (C=O) groups excluding carboxylic acids is 2. The van der Waals surface area contributed by atoms with Gasteiger partial charge in [-0.2, -0.15) is 0 Å². The summed E-state index contributed by atoms with van der Waals surface area (Å²) in [5.74, 6) is -0.447. The molecule has 0 N–H and O–H groups in total. The quantitative estimate of drug-likeness (QED) is 0.498. The average Bonchev–Trinajstić information content (AvgIpc) is 2.29. The van der Waals surface area contributed by atoms with Crippen molar-refractivity contribution >= 4 is 24.4 Å². The minimum Gasteiger partial charge on any atom is -0.462 e. The van der Waals surface area contributed by atoms with Crippen molar-refractivity contribution in [2.45, 2.75) is 25.2 Å². The lowest BCUT2D eigenvalue weighted by Crippen LogP contribution is -2.07. The highest BCUT2D eigenvalue weighted by Crippen LogP contribution is 2.18. The monoisotopic (exact) mass is 238 g/mol. The number of hydrogen-bond donors (Lipinski definition) is 1. The molecule has 1 rings (SSSR count). The number of thiol groups is 1. The SMILES string of the molecule is CCOC(=O)c1cc(C(=O)CC)ccc1S. The van der Waals surface area contributed by atoms with Crippen LogP contribution in [0.1, 0.15) is 41.0 Å². The van der Waals surface area contributed by atoms with Crippen LogP contribution in [-0.2, 0) is 4.74 Å². The molecule has 0 spiro atoms. The van der Waals surface area contributed by atoms with Crippen LogP contribution < -0.4 is 0 Å². The largest absolute Gasteiger partial charge is 0.462 e. The number of ketones is 1. The van der Waals surface area contributed by atoms with Crippen molar-refractivity contribution in [1.82, 2.24) is 0 Å². The maximum absolute atomic E-state index is 11.5. The maximum Gasteiger partial charge on any atom is 0.339 e. The molecule has 0 saturated heterocycles. The molecule has 0 amide bonds. The molecule has 16 heavy (non-hydrogen) atoms. The molecule has 0 fully saturated rings. The standard InChI is InChI=1S/C12H14O3S/c1-3-10(13)8-5-6-11(16)9(7-8)12(14)15-4-2/h5-7,16H,3-4H2,1-2H3. The summed E-state index contributed by atoms with van der Waals surface area (Å²) in [5, 5.41) is 0. The third-order valence-corrected chi connectivity index (χ3v) is 2.52. The van der Waals surface area contributed by atoms with E-state index in [0.717, 1.165) is 0 Å². The van der Waals surface area contributed by atoms with E-state index in [4.69, 9.17) is 4.74 Å². The van der Waals surface area contributed by atoms with Gasteiger partial charge in [-0.05, 0) is 19.1 Å². The number of hydrogen-bond acceptors (Lipinski definition) is 4. The Labute approximate surface area is 100 Å². The van der Waals surface area contributed by atoms with E-state index < -0.39 is 5.97 Å². The fraction of sp³-hybridized carbons (Fsp3) is 0.333. The molecule has 3 nitrogen and oxygen atoms in total. The van der Waals surface area contributed by atoms with Gasteiger partial charge in [-0.15, -0.1) is 12.6 Å². The third kappa shape index (κ3) is 2.85. The van der Waals surface area contributed by atoms with Gasteiger partial charge in [-0.3, -0.25) is 4.79 Å². The van der Waals surface area contributed by atoms with E-state index in [2.05, 4.69) is 12.6 Å². The molecule has 0 aliphatic heterocycles. The van der Waals surface area contributed by atoms with Crippen LogP contribution in [0.4, 0.5) is 0 Å². The predicted octanol–water partition coefficient (Wildman–Crippen LogP) is 2.74. The van der Waals surface area contributed by atoms with E-state index >= 15 is 0 Å². The zero-order valence-electron chi connectivity index (χ0n) is 9.32. The summed E-state index contributed by atoms with van der Waals surface area (Å²) in [5.41, 5.74) is 0.854. The Morgan fingerprint density at radius 3 is 2.56 bits per heavy atom. The molecule has 0 radical (unpaired) electrons. The van der Waals surface area contributed by atoms with E-state index in [1.807, 2.05) is 0 Å². The van der Waals surface area contributed by atoms with Crippen LogP contribution in [0.25, 0.3) is 0 Å². The first-order chi connectivity index (χ1) is 7.60. The molecular formula is C12H14O3S. The minimum atomic E-state index is -0.446. The zero-order valence-corrected chi connectivity index (χ0v) is 10.2. The van der Waals surface area contributed by atoms with Crippen molar-refractivity contribution < 1.29 is 14.3 Å². The summed E-state index contributed by atoms with van der Waals surface area (Å²) in [7, 11) is 0. The van der Waals surface area contributed by atoms with Crippen LogP contribution in [0.15, 0.2) is 23.1 Å². The summed E-state index contributed by atoms with van der Waals surface area (Å²) in [6, 6.07) is 4.83. The highest BCUT2D eigenvalue weighted by atomic mass is 32.1. The van der Waals surface area contributed by atoms with Crippen LogP contribution in [0.3, 0.4) is 0 Å². The molecule has 0 atom stereocenters. The number of esters is 1. The summed E-state index contributed by atoms with van der Waals surface area (Å²) in [6.45, 7) is 3.82. The number of benzene rings is 1. The molecule has 0 aromatic heterocycles. The van der Waals surface area contributed by atoms with Gasteiger partial charge in [-0.25, -0.2) is 4.79 Å². The second kappa shape index (κ2) is 5.70. The van der Waals surface area contributed by atoms with Crippen molar-refractivity contribution in [1.29, 1.82) is 0 Å². The molecule has 1 aromatic rings. The van der Waals surface area contributed by atoms with Crippen molar-refractivity contribution in [3.8, 4) is 0 Å². The first-order valence-corrected chi connectivity index (χ1v) is 5.58. The van der Waals surface area contributed by atoms with Crippen molar-refractivity contribution in [2.24, 2.45) is 0 Å². The maximum atomic E-state index is 11.5. The Kier molecular flexibility index (Phi) is 4.55. The van der Waals surface area contributed by atoms with E-state index in [9.17, 15) is 9.59 Å². The molecule has 1 aromatic carbocycles. The molecule has 0 aliphatic rings. The second-order valence-corrected chi connectivity index (χ2v) is 3.71. The van der Waals surface area contributed by atoms with Crippen LogP contribution in [0.2, 0.25) is 0 Å². The zero-order chi connectivity index (χ0) is 12.1. The number of ether oxygens (including phenoxy) is 1. The van der Waals surface area contributed by atoms with Crippen LogP contribution in [-0.4, -0.2) is 18.4 Å². The molecule has 0 heterocycles. The summed E-state index contributed by atoms with van der Waals surface area (Å²) in [6.07, 6.45) is 0.411. The molecular weight excluding hydrogens is 224 g/mol. The van der Waals surface area contributed by atoms with Gasteiger partial charge < -0.3 is 4.74 Å². The molecule has 0 aliphatic carbocycles. The summed E-state index contributed by atoms with van der Waals surface area (Å²) < 4.78 is 4.88. The lowest BCUT2D eigenvalue weighted by Gasteiger charge is -2.06. The lowest BCUT2D eigenvalue weighted by molar-refractivity contribution is 0.0522. The molecule has 86 valence electrons. The van der Waals surface area contributed by atoms with Crippen molar-refractivity contribution in [2.75, 3.05) is 6.61 Å². The van der Waals surface area contributed by atoms with Gasteiger partial charge in [0.05, 0.1) is 12.2 Å². The Hall–Kier alpha value is -1.29.